The average molecular weight is 328 g/mol. The van der Waals surface area contributed by atoms with Gasteiger partial charge in [-0.1, -0.05) is 17.3 Å². The van der Waals surface area contributed by atoms with Gasteiger partial charge in [0.05, 0.1) is 17.9 Å². The molecule has 0 bridgehead atoms. The molecular weight excluding hydrogens is 315 g/mol. The summed E-state index contributed by atoms with van der Waals surface area (Å²) in [7, 11) is 0. The largest absolute Gasteiger partial charge is 0.461 e. The monoisotopic (exact) mass is 328 g/mol. The van der Waals surface area contributed by atoms with Gasteiger partial charge in [-0.3, -0.25) is 0 Å². The van der Waals surface area contributed by atoms with Crippen LogP contribution in [0.1, 0.15) is 11.8 Å². The minimum absolute atomic E-state index is 0.0346. The molecule has 0 spiro atoms. The predicted molar refractivity (Wildman–Crippen MR) is 81.7 cm³/mol. The van der Waals surface area contributed by atoms with E-state index < -0.39 is 5.82 Å². The van der Waals surface area contributed by atoms with E-state index >= 15 is 0 Å². The van der Waals surface area contributed by atoms with Crippen molar-refractivity contribution in [2.24, 2.45) is 0 Å². The molecule has 0 aliphatic carbocycles. The first-order chi connectivity index (χ1) is 11.7. The number of hydrogen-bond donors (Lipinski definition) is 1. The molecule has 7 nitrogen and oxygen atoms in total. The summed E-state index contributed by atoms with van der Waals surface area (Å²) in [5, 5.41) is 6.40. The molecule has 1 saturated heterocycles. The maximum absolute atomic E-state index is 13.5. The summed E-state index contributed by atoms with van der Waals surface area (Å²) in [5.41, 5.74) is 0.156. The summed E-state index contributed by atoms with van der Waals surface area (Å²) >= 11 is 0. The summed E-state index contributed by atoms with van der Waals surface area (Å²) in [6.45, 7) is 0.861. The molecule has 122 valence electrons. The van der Waals surface area contributed by atoms with E-state index in [4.69, 9.17) is 8.94 Å². The third-order valence-electron chi connectivity index (χ3n) is 3.82. The number of likely N-dealkylation sites (tertiary alicyclic amines) is 1. The first-order valence-electron chi connectivity index (χ1n) is 7.38. The Kier molecular flexibility index (Phi) is 3.49. The van der Waals surface area contributed by atoms with Crippen molar-refractivity contribution in [3.05, 3.63) is 54.4 Å². The summed E-state index contributed by atoms with van der Waals surface area (Å²) in [6, 6.07) is 9.15. The lowest BCUT2D eigenvalue weighted by atomic mass is 10.0. The number of nitrogens with one attached hydrogen (secondary N) is 1. The van der Waals surface area contributed by atoms with Crippen LogP contribution in [0.4, 0.5) is 14.9 Å². The van der Waals surface area contributed by atoms with E-state index in [-0.39, 0.29) is 17.6 Å². The molecule has 3 aromatic rings. The van der Waals surface area contributed by atoms with E-state index in [0.29, 0.717) is 30.6 Å². The highest BCUT2D eigenvalue weighted by molar-refractivity contribution is 5.90. The smallest absolute Gasteiger partial charge is 0.321 e. The predicted octanol–water partition coefficient (Wildman–Crippen LogP) is 3.10. The molecule has 0 unspecified atom stereocenters. The number of nitrogens with zero attached hydrogens (tertiary/aromatic N) is 3. The van der Waals surface area contributed by atoms with E-state index in [1.54, 1.807) is 29.2 Å². The van der Waals surface area contributed by atoms with Crippen LogP contribution in [0.2, 0.25) is 0 Å². The molecule has 0 atom stereocenters. The molecule has 24 heavy (non-hydrogen) atoms. The maximum Gasteiger partial charge on any atom is 0.321 e. The Hall–Kier alpha value is -3.16. The quantitative estimate of drug-likeness (QED) is 0.798. The minimum Gasteiger partial charge on any atom is -0.461 e. The van der Waals surface area contributed by atoms with Crippen molar-refractivity contribution >= 4 is 11.7 Å². The summed E-state index contributed by atoms with van der Waals surface area (Å²) < 4.78 is 24.0. The summed E-state index contributed by atoms with van der Waals surface area (Å²) in [6.07, 6.45) is 1.53. The van der Waals surface area contributed by atoms with Crippen molar-refractivity contribution in [3.8, 4) is 11.6 Å². The van der Waals surface area contributed by atoms with Crippen LogP contribution in [0.5, 0.6) is 0 Å². The van der Waals surface area contributed by atoms with Crippen molar-refractivity contribution in [1.29, 1.82) is 0 Å². The Labute approximate surface area is 136 Å². The zero-order valence-corrected chi connectivity index (χ0v) is 12.5. The first kappa shape index (κ1) is 14.4. The molecule has 1 fully saturated rings. The number of benzene rings is 1. The lowest BCUT2D eigenvalue weighted by Crippen LogP contribution is -2.50. The number of anilines is 1. The molecule has 2 aromatic heterocycles. The van der Waals surface area contributed by atoms with Gasteiger partial charge in [-0.25, -0.2) is 9.18 Å². The second-order valence-corrected chi connectivity index (χ2v) is 5.45. The van der Waals surface area contributed by atoms with Gasteiger partial charge in [0.2, 0.25) is 11.7 Å². The number of carbonyl (C=O) groups is 1. The number of rotatable bonds is 3. The highest BCUT2D eigenvalue weighted by Gasteiger charge is 2.36. The number of urea groups is 1. The normalized spacial score (nSPS) is 14.5. The van der Waals surface area contributed by atoms with Crippen molar-refractivity contribution in [1.82, 2.24) is 15.0 Å². The first-order valence-corrected chi connectivity index (χ1v) is 7.38. The molecule has 0 saturated carbocycles. The molecule has 8 heteroatoms. The van der Waals surface area contributed by atoms with E-state index in [1.807, 2.05) is 0 Å². The van der Waals surface area contributed by atoms with E-state index in [2.05, 4.69) is 15.5 Å². The Morgan fingerprint density at radius 3 is 2.83 bits per heavy atom. The van der Waals surface area contributed by atoms with Crippen LogP contribution in [-0.2, 0) is 0 Å². The molecule has 3 heterocycles. The lowest BCUT2D eigenvalue weighted by molar-refractivity contribution is 0.147. The SMILES string of the molecule is O=C(Nc1ccccc1F)N1CC(c2nc(-c3ccco3)no2)C1. The number of furan rings is 1. The fraction of sp³-hybridized carbons (Fsp3) is 0.188. The third kappa shape index (κ3) is 2.62. The maximum atomic E-state index is 13.5. The van der Waals surface area contributed by atoms with Gasteiger partial charge in [-0.15, -0.1) is 0 Å². The number of aromatic nitrogens is 2. The van der Waals surface area contributed by atoms with Crippen molar-refractivity contribution in [2.75, 3.05) is 18.4 Å². The Morgan fingerprint density at radius 2 is 2.08 bits per heavy atom. The van der Waals surface area contributed by atoms with Crippen LogP contribution in [0, 0.1) is 5.82 Å². The van der Waals surface area contributed by atoms with Crippen molar-refractivity contribution in [2.45, 2.75) is 5.92 Å². The molecule has 4 rings (SSSR count). The Morgan fingerprint density at radius 1 is 1.25 bits per heavy atom. The van der Waals surface area contributed by atoms with Crippen LogP contribution in [-0.4, -0.2) is 34.2 Å². The molecule has 1 aliphatic heterocycles. The molecule has 0 radical (unpaired) electrons. The molecule has 1 aromatic carbocycles. The molecular formula is C16H13FN4O3. The van der Waals surface area contributed by atoms with Crippen molar-refractivity contribution in [3.63, 3.8) is 0 Å². The topological polar surface area (TPSA) is 84.4 Å². The zero-order valence-electron chi connectivity index (χ0n) is 12.5. The van der Waals surface area contributed by atoms with Crippen LogP contribution < -0.4 is 5.32 Å². The van der Waals surface area contributed by atoms with Gasteiger partial charge in [0.15, 0.2) is 5.76 Å². The second-order valence-electron chi connectivity index (χ2n) is 5.45. The minimum atomic E-state index is -0.470. The van der Waals surface area contributed by atoms with E-state index in [9.17, 15) is 9.18 Å². The van der Waals surface area contributed by atoms with Gasteiger partial charge in [0, 0.05) is 13.1 Å². The second kappa shape index (κ2) is 5.80. The highest BCUT2D eigenvalue weighted by Crippen LogP contribution is 2.28. The van der Waals surface area contributed by atoms with E-state index in [0.717, 1.165) is 0 Å². The van der Waals surface area contributed by atoms with Gasteiger partial charge in [0.25, 0.3) is 0 Å². The van der Waals surface area contributed by atoms with Crippen LogP contribution >= 0.6 is 0 Å². The number of amides is 2. The van der Waals surface area contributed by atoms with Gasteiger partial charge in [-0.2, -0.15) is 4.98 Å². The number of carbonyl (C=O) groups excluding carboxylic acids is 1. The standard InChI is InChI=1S/C16H13FN4O3/c17-11-4-1-2-5-12(11)18-16(22)21-8-10(9-21)15-19-14(20-24-15)13-6-3-7-23-13/h1-7,10H,8-9H2,(H,18,22). The van der Waals surface area contributed by atoms with Crippen molar-refractivity contribution < 1.29 is 18.1 Å². The summed E-state index contributed by atoms with van der Waals surface area (Å²) in [4.78, 5) is 17.9. The van der Waals surface area contributed by atoms with Crippen LogP contribution in [0.15, 0.2) is 51.6 Å². The Bertz CT molecular complexity index is 856. The van der Waals surface area contributed by atoms with Gasteiger partial charge >= 0.3 is 6.03 Å². The highest BCUT2D eigenvalue weighted by atomic mass is 19.1. The number of hydrogen-bond acceptors (Lipinski definition) is 5. The summed E-state index contributed by atoms with van der Waals surface area (Å²) in [5.74, 6) is 0.856. The number of halogens is 1. The Balaban J connectivity index is 1.36. The van der Waals surface area contributed by atoms with Gasteiger partial charge in [-0.05, 0) is 24.3 Å². The zero-order chi connectivity index (χ0) is 16.5. The van der Waals surface area contributed by atoms with Gasteiger partial charge in [0.1, 0.15) is 5.82 Å². The molecule has 2 amide bonds. The van der Waals surface area contributed by atoms with Crippen LogP contribution in [0.3, 0.4) is 0 Å². The molecule has 1 N–H and O–H groups in total. The number of para-hydroxylation sites is 1. The fourth-order valence-corrected chi connectivity index (χ4v) is 2.46. The van der Waals surface area contributed by atoms with E-state index in [1.165, 1.54) is 18.4 Å². The fourth-order valence-electron chi connectivity index (χ4n) is 2.46. The van der Waals surface area contributed by atoms with Gasteiger partial charge < -0.3 is 19.2 Å². The third-order valence-corrected chi connectivity index (χ3v) is 3.82. The lowest BCUT2D eigenvalue weighted by Gasteiger charge is -2.36. The van der Waals surface area contributed by atoms with Crippen LogP contribution in [0.25, 0.3) is 11.6 Å². The average Bonchev–Trinajstić information content (AvgIpc) is 3.19. The molecule has 1 aliphatic rings.